The van der Waals surface area contributed by atoms with Crippen molar-refractivity contribution in [3.05, 3.63) is 93.5 Å². The molecule has 3 aromatic rings. The Morgan fingerprint density at radius 1 is 1.11 bits per heavy atom. The van der Waals surface area contributed by atoms with Crippen LogP contribution in [0.25, 0.3) is 5.76 Å². The van der Waals surface area contributed by atoms with Crippen molar-refractivity contribution in [2.45, 2.75) is 32.9 Å². The summed E-state index contributed by atoms with van der Waals surface area (Å²) < 4.78 is 11.3. The molecular weight excluding hydrogens is 492 g/mol. The fourth-order valence-corrected chi connectivity index (χ4v) is 4.75. The number of hydrogen-bond donors (Lipinski definition) is 1. The van der Waals surface area contributed by atoms with E-state index in [0.29, 0.717) is 22.6 Å². The highest BCUT2D eigenvalue weighted by Gasteiger charge is 2.47. The molecule has 3 aromatic carbocycles. The van der Waals surface area contributed by atoms with Crippen molar-refractivity contribution in [1.29, 1.82) is 5.26 Å². The predicted molar refractivity (Wildman–Crippen MR) is 141 cm³/mol. The normalized spacial score (nSPS) is 16.7. The molecule has 1 aliphatic rings. The van der Waals surface area contributed by atoms with Crippen LogP contribution in [0.1, 0.15) is 42.1 Å². The van der Waals surface area contributed by atoms with Gasteiger partial charge < -0.3 is 14.6 Å². The number of Topliss-reactive ketones (excluding diaryl/α,β-unsaturated/α-hetero) is 1. The third-order valence-corrected chi connectivity index (χ3v) is 6.19. The van der Waals surface area contributed by atoms with E-state index in [-0.39, 0.29) is 28.0 Å². The van der Waals surface area contributed by atoms with Crippen LogP contribution in [-0.2, 0) is 9.59 Å². The third kappa shape index (κ3) is 4.89. The minimum Gasteiger partial charge on any atom is -0.507 e. The number of rotatable bonds is 6. The molecule has 0 radical (unpaired) electrons. The lowest BCUT2D eigenvalue weighted by molar-refractivity contribution is -0.132. The van der Waals surface area contributed by atoms with Gasteiger partial charge in [-0.25, -0.2) is 0 Å². The summed E-state index contributed by atoms with van der Waals surface area (Å²) in [6.45, 7) is 5.58. The molecule has 1 amide bonds. The number of nitrogens with zero attached hydrogens (tertiary/aromatic N) is 2. The Morgan fingerprint density at radius 3 is 2.43 bits per heavy atom. The van der Waals surface area contributed by atoms with Crippen molar-refractivity contribution in [2.24, 2.45) is 0 Å². The summed E-state index contributed by atoms with van der Waals surface area (Å²) in [6, 6.07) is 17.7. The van der Waals surface area contributed by atoms with Gasteiger partial charge in [-0.1, -0.05) is 23.7 Å². The molecule has 1 atom stereocenters. The number of aryl methyl sites for hydroxylation is 1. The number of halogens is 1. The van der Waals surface area contributed by atoms with E-state index in [2.05, 4.69) is 0 Å². The van der Waals surface area contributed by atoms with E-state index in [4.69, 9.17) is 21.1 Å². The molecule has 0 saturated carbocycles. The first kappa shape index (κ1) is 25.8. The first-order valence-electron chi connectivity index (χ1n) is 11.6. The average molecular weight is 517 g/mol. The van der Waals surface area contributed by atoms with E-state index in [0.717, 1.165) is 5.56 Å². The molecule has 0 spiro atoms. The van der Waals surface area contributed by atoms with E-state index in [9.17, 15) is 20.0 Å². The summed E-state index contributed by atoms with van der Waals surface area (Å²) in [7, 11) is 1.41. The highest BCUT2D eigenvalue weighted by Crippen LogP contribution is 2.45. The molecule has 8 heteroatoms. The second-order valence-corrected chi connectivity index (χ2v) is 9.30. The summed E-state index contributed by atoms with van der Waals surface area (Å²) in [6.07, 6.45) is -0.0983. The zero-order valence-corrected chi connectivity index (χ0v) is 21.5. The van der Waals surface area contributed by atoms with E-state index >= 15 is 0 Å². The smallest absolute Gasteiger partial charge is 0.300 e. The van der Waals surface area contributed by atoms with Crippen LogP contribution < -0.4 is 14.4 Å². The van der Waals surface area contributed by atoms with Crippen LogP contribution in [0, 0.1) is 18.3 Å². The second-order valence-electron chi connectivity index (χ2n) is 8.89. The Bertz CT molecular complexity index is 1450. The van der Waals surface area contributed by atoms with E-state index in [1.54, 1.807) is 67.6 Å². The van der Waals surface area contributed by atoms with Gasteiger partial charge in [-0.15, -0.1) is 0 Å². The first-order chi connectivity index (χ1) is 17.7. The number of carbonyl (C=O) groups excluding carboxylic acids is 2. The van der Waals surface area contributed by atoms with Gasteiger partial charge in [0.1, 0.15) is 17.3 Å². The molecule has 37 heavy (non-hydrogen) atoms. The number of amides is 1. The minimum atomic E-state index is -0.979. The SMILES string of the molecule is COc1c(Cl)cc(C)cc1/C(O)=C1\C(=O)C(=O)N(c2ccc(C#N)cc2)C1c1cccc(OC(C)C)c1. The van der Waals surface area contributed by atoms with Crippen LogP contribution in [0.15, 0.2) is 66.2 Å². The molecule has 1 saturated heterocycles. The third-order valence-electron chi connectivity index (χ3n) is 5.91. The molecule has 1 aliphatic heterocycles. The van der Waals surface area contributed by atoms with Crippen molar-refractivity contribution >= 4 is 34.7 Å². The molecular formula is C29H25ClN2O5. The fraction of sp³-hybridized carbons (Fsp3) is 0.207. The Labute approximate surface area is 220 Å². The number of anilines is 1. The topological polar surface area (TPSA) is 99.9 Å². The molecule has 0 aliphatic carbocycles. The Hall–Kier alpha value is -4.28. The van der Waals surface area contributed by atoms with Crippen LogP contribution >= 0.6 is 11.6 Å². The minimum absolute atomic E-state index is 0.0983. The Balaban J connectivity index is 1.99. The lowest BCUT2D eigenvalue weighted by Crippen LogP contribution is -2.29. The zero-order valence-electron chi connectivity index (χ0n) is 20.8. The number of nitriles is 1. The van der Waals surface area contributed by atoms with Gasteiger partial charge >= 0.3 is 0 Å². The first-order valence-corrected chi connectivity index (χ1v) is 12.0. The zero-order chi connectivity index (χ0) is 26.9. The van der Waals surface area contributed by atoms with Crippen molar-refractivity contribution in [2.75, 3.05) is 12.0 Å². The maximum absolute atomic E-state index is 13.5. The van der Waals surface area contributed by atoms with Crippen LogP contribution in [0.4, 0.5) is 5.69 Å². The van der Waals surface area contributed by atoms with E-state index in [1.165, 1.54) is 12.0 Å². The highest BCUT2D eigenvalue weighted by atomic mass is 35.5. The van der Waals surface area contributed by atoms with Crippen LogP contribution in [-0.4, -0.2) is 30.0 Å². The number of methoxy groups -OCH3 is 1. The van der Waals surface area contributed by atoms with Crippen molar-refractivity contribution < 1.29 is 24.2 Å². The molecule has 188 valence electrons. The van der Waals surface area contributed by atoms with Crippen molar-refractivity contribution in [3.63, 3.8) is 0 Å². The quantitative estimate of drug-likeness (QED) is 0.247. The Morgan fingerprint density at radius 2 is 1.81 bits per heavy atom. The largest absolute Gasteiger partial charge is 0.507 e. The van der Waals surface area contributed by atoms with Crippen molar-refractivity contribution in [3.8, 4) is 17.6 Å². The lowest BCUT2D eigenvalue weighted by Gasteiger charge is -2.26. The lowest BCUT2D eigenvalue weighted by atomic mass is 9.94. The number of carbonyl (C=O) groups is 2. The monoisotopic (exact) mass is 516 g/mol. The van der Waals surface area contributed by atoms with E-state index < -0.39 is 23.5 Å². The van der Waals surface area contributed by atoms with Gasteiger partial charge in [0.05, 0.1) is 47.0 Å². The predicted octanol–water partition coefficient (Wildman–Crippen LogP) is 5.94. The Kier molecular flexibility index (Phi) is 7.23. The van der Waals surface area contributed by atoms with Gasteiger partial charge in [-0.05, 0) is 80.4 Å². The van der Waals surface area contributed by atoms with Gasteiger partial charge in [0.15, 0.2) is 0 Å². The molecule has 1 heterocycles. The molecule has 1 fully saturated rings. The fourth-order valence-electron chi connectivity index (χ4n) is 4.40. The molecule has 0 aromatic heterocycles. The van der Waals surface area contributed by atoms with Gasteiger partial charge in [0.25, 0.3) is 11.7 Å². The highest BCUT2D eigenvalue weighted by molar-refractivity contribution is 6.51. The van der Waals surface area contributed by atoms with Gasteiger partial charge in [0.2, 0.25) is 0 Å². The maximum atomic E-state index is 13.5. The average Bonchev–Trinajstić information content (AvgIpc) is 3.13. The molecule has 1 N–H and O–H groups in total. The van der Waals surface area contributed by atoms with E-state index in [1.807, 2.05) is 19.9 Å². The molecule has 0 bridgehead atoms. The number of hydrogen-bond acceptors (Lipinski definition) is 6. The number of ether oxygens (including phenoxy) is 2. The standard InChI is InChI=1S/C29H25ClN2O5/c1-16(2)37-21-7-5-6-19(14-21)25-24(26(33)22-12-17(3)13-23(30)28(22)36-4)27(34)29(35)32(25)20-10-8-18(15-31)9-11-20/h5-14,16,25,33H,1-4H3/b26-24+. The van der Waals surface area contributed by atoms with Crippen LogP contribution in [0.2, 0.25) is 5.02 Å². The molecule has 7 nitrogen and oxygen atoms in total. The summed E-state index contributed by atoms with van der Waals surface area (Å²) in [5, 5.41) is 21.0. The van der Waals surface area contributed by atoms with Crippen LogP contribution in [0.3, 0.4) is 0 Å². The van der Waals surface area contributed by atoms with Gasteiger partial charge in [0, 0.05) is 5.69 Å². The molecule has 1 unspecified atom stereocenters. The summed E-state index contributed by atoms with van der Waals surface area (Å²) in [5.41, 5.74) is 2.18. The summed E-state index contributed by atoms with van der Waals surface area (Å²) in [4.78, 5) is 28.2. The maximum Gasteiger partial charge on any atom is 0.300 e. The number of ketones is 1. The second kappa shape index (κ2) is 10.4. The van der Waals surface area contributed by atoms with Gasteiger partial charge in [-0.2, -0.15) is 5.26 Å². The molecule has 4 rings (SSSR count). The summed E-state index contributed by atoms with van der Waals surface area (Å²) >= 11 is 6.36. The summed E-state index contributed by atoms with van der Waals surface area (Å²) in [5.74, 6) is -1.35. The van der Waals surface area contributed by atoms with Crippen LogP contribution in [0.5, 0.6) is 11.5 Å². The van der Waals surface area contributed by atoms with Gasteiger partial charge in [-0.3, -0.25) is 14.5 Å². The number of aliphatic hydroxyl groups is 1. The number of aliphatic hydroxyl groups excluding tert-OH is 1. The van der Waals surface area contributed by atoms with Crippen molar-refractivity contribution in [1.82, 2.24) is 0 Å². The number of benzene rings is 3.